The molecule has 0 bridgehead atoms. The van der Waals surface area contributed by atoms with Crippen LogP contribution in [0.3, 0.4) is 0 Å². The normalized spacial score (nSPS) is 10.8. The van der Waals surface area contributed by atoms with Crippen molar-refractivity contribution < 1.29 is 14.0 Å². The van der Waals surface area contributed by atoms with Crippen LogP contribution in [-0.4, -0.2) is 16.7 Å². The molecular formula is C26H16N2O4S. The lowest BCUT2D eigenvalue weighted by Gasteiger charge is -2.04. The SMILES string of the molecule is O=C(Nc1nc(-c2cc3ccccc3oc2=O)cs1)c1ccc(C(=O)c2ccccc2)cc1. The molecule has 0 atom stereocenters. The van der Waals surface area contributed by atoms with E-state index in [9.17, 15) is 14.4 Å². The average Bonchev–Trinajstić information content (AvgIpc) is 3.32. The Morgan fingerprint density at radius 3 is 2.27 bits per heavy atom. The van der Waals surface area contributed by atoms with Gasteiger partial charge in [0.25, 0.3) is 5.91 Å². The van der Waals surface area contributed by atoms with Crippen molar-refractivity contribution in [3.63, 3.8) is 0 Å². The summed E-state index contributed by atoms with van der Waals surface area (Å²) in [5.74, 6) is -0.471. The van der Waals surface area contributed by atoms with Crippen LogP contribution in [0.15, 0.2) is 99.5 Å². The second-order valence-corrected chi connectivity index (χ2v) is 8.11. The minimum absolute atomic E-state index is 0.110. The Morgan fingerprint density at radius 2 is 1.48 bits per heavy atom. The molecule has 2 heterocycles. The van der Waals surface area contributed by atoms with E-state index in [1.54, 1.807) is 72.1 Å². The molecule has 3 aromatic carbocycles. The number of nitrogens with one attached hydrogen (secondary N) is 1. The Balaban J connectivity index is 1.33. The van der Waals surface area contributed by atoms with Crippen LogP contribution in [0, 0.1) is 0 Å². The van der Waals surface area contributed by atoms with E-state index in [1.165, 1.54) is 11.3 Å². The summed E-state index contributed by atoms with van der Waals surface area (Å²) in [5, 5.41) is 5.57. The number of aromatic nitrogens is 1. The van der Waals surface area contributed by atoms with Crippen molar-refractivity contribution in [2.45, 2.75) is 0 Å². The molecule has 160 valence electrons. The summed E-state index contributed by atoms with van der Waals surface area (Å²) < 4.78 is 5.36. The van der Waals surface area contributed by atoms with Gasteiger partial charge in [-0.25, -0.2) is 9.78 Å². The zero-order chi connectivity index (χ0) is 22.8. The molecule has 1 N–H and O–H groups in total. The maximum Gasteiger partial charge on any atom is 0.345 e. The Morgan fingerprint density at radius 1 is 0.818 bits per heavy atom. The number of hydrogen-bond donors (Lipinski definition) is 1. The molecule has 0 spiro atoms. The third-order valence-electron chi connectivity index (χ3n) is 5.09. The fourth-order valence-corrected chi connectivity index (χ4v) is 4.10. The van der Waals surface area contributed by atoms with E-state index in [4.69, 9.17) is 4.42 Å². The highest BCUT2D eigenvalue weighted by molar-refractivity contribution is 7.14. The summed E-state index contributed by atoms with van der Waals surface area (Å²) in [6.07, 6.45) is 0. The molecule has 0 aliphatic carbocycles. The molecular weight excluding hydrogens is 436 g/mol. The molecule has 6 nitrogen and oxygen atoms in total. The number of hydrogen-bond acceptors (Lipinski definition) is 6. The smallest absolute Gasteiger partial charge is 0.345 e. The summed E-state index contributed by atoms with van der Waals surface area (Å²) in [5.41, 5.74) is 2.25. The molecule has 7 heteroatoms. The van der Waals surface area contributed by atoms with Crippen LogP contribution >= 0.6 is 11.3 Å². The highest BCUT2D eigenvalue weighted by Crippen LogP contribution is 2.25. The zero-order valence-corrected chi connectivity index (χ0v) is 18.0. The van der Waals surface area contributed by atoms with Crippen LogP contribution in [0.2, 0.25) is 0 Å². The van der Waals surface area contributed by atoms with Gasteiger partial charge in [-0.05, 0) is 24.3 Å². The molecule has 33 heavy (non-hydrogen) atoms. The van der Waals surface area contributed by atoms with Gasteiger partial charge >= 0.3 is 5.63 Å². The largest absolute Gasteiger partial charge is 0.422 e. The number of thiazole rings is 1. The summed E-state index contributed by atoms with van der Waals surface area (Å²) in [4.78, 5) is 41.9. The summed E-state index contributed by atoms with van der Waals surface area (Å²) in [6, 6.07) is 24.4. The number of anilines is 1. The van der Waals surface area contributed by atoms with Crippen LogP contribution in [0.5, 0.6) is 0 Å². The summed E-state index contributed by atoms with van der Waals surface area (Å²) in [7, 11) is 0. The van der Waals surface area contributed by atoms with Gasteiger partial charge in [0.1, 0.15) is 5.58 Å². The molecule has 5 rings (SSSR count). The number of rotatable bonds is 5. The maximum atomic E-state index is 12.6. The fourth-order valence-electron chi connectivity index (χ4n) is 3.39. The second kappa shape index (κ2) is 8.64. The number of ketones is 1. The van der Waals surface area contributed by atoms with E-state index < -0.39 is 5.63 Å². The van der Waals surface area contributed by atoms with E-state index in [0.717, 1.165) is 5.39 Å². The zero-order valence-electron chi connectivity index (χ0n) is 17.1. The number of benzene rings is 3. The topological polar surface area (TPSA) is 89.3 Å². The van der Waals surface area contributed by atoms with Crippen LogP contribution in [-0.2, 0) is 0 Å². The Kier molecular flexibility index (Phi) is 5.38. The van der Waals surface area contributed by atoms with Crippen molar-refractivity contribution in [3.05, 3.63) is 117 Å². The Hall–Kier alpha value is -4.36. The number of para-hydroxylation sites is 1. The number of nitrogens with zero attached hydrogens (tertiary/aromatic N) is 1. The third-order valence-corrected chi connectivity index (χ3v) is 5.84. The lowest BCUT2D eigenvalue weighted by molar-refractivity contribution is 0.102. The summed E-state index contributed by atoms with van der Waals surface area (Å²) >= 11 is 1.21. The van der Waals surface area contributed by atoms with E-state index in [2.05, 4.69) is 10.3 Å². The molecule has 2 aromatic heterocycles. The molecule has 0 unspecified atom stereocenters. The van der Waals surface area contributed by atoms with Crippen LogP contribution in [0.25, 0.3) is 22.2 Å². The van der Waals surface area contributed by atoms with Crippen molar-refractivity contribution in [2.24, 2.45) is 0 Å². The first-order valence-corrected chi connectivity index (χ1v) is 11.0. The second-order valence-electron chi connectivity index (χ2n) is 7.25. The van der Waals surface area contributed by atoms with Gasteiger partial charge in [0.15, 0.2) is 10.9 Å². The van der Waals surface area contributed by atoms with Gasteiger partial charge in [-0.2, -0.15) is 0 Å². The Bertz CT molecular complexity index is 1540. The molecule has 0 saturated heterocycles. The van der Waals surface area contributed by atoms with Crippen molar-refractivity contribution in [3.8, 4) is 11.3 Å². The summed E-state index contributed by atoms with van der Waals surface area (Å²) in [6.45, 7) is 0. The first-order chi connectivity index (χ1) is 16.1. The van der Waals surface area contributed by atoms with Gasteiger partial charge in [-0.3, -0.25) is 14.9 Å². The van der Waals surface area contributed by atoms with Crippen molar-refractivity contribution in [2.75, 3.05) is 5.32 Å². The van der Waals surface area contributed by atoms with Crippen molar-refractivity contribution in [1.82, 2.24) is 4.98 Å². The van der Waals surface area contributed by atoms with Gasteiger partial charge in [-0.1, -0.05) is 60.7 Å². The molecule has 5 aromatic rings. The highest BCUT2D eigenvalue weighted by Gasteiger charge is 2.15. The fraction of sp³-hybridized carbons (Fsp3) is 0. The molecule has 0 fully saturated rings. The van der Waals surface area contributed by atoms with Crippen LogP contribution in [0.4, 0.5) is 5.13 Å². The maximum absolute atomic E-state index is 12.6. The Labute approximate surface area is 192 Å². The first kappa shape index (κ1) is 20.5. The molecule has 0 aliphatic heterocycles. The number of fused-ring (bicyclic) bond motifs is 1. The van der Waals surface area contributed by atoms with Crippen LogP contribution in [0.1, 0.15) is 26.3 Å². The van der Waals surface area contributed by atoms with Gasteiger partial charge in [-0.15, -0.1) is 11.3 Å². The quantitative estimate of drug-likeness (QED) is 0.285. The molecule has 1 amide bonds. The standard InChI is InChI=1S/C26H16N2O4S/c29-23(16-6-2-1-3-7-16)17-10-12-18(13-11-17)24(30)28-26-27-21(15-33-26)20-14-19-8-4-5-9-22(19)32-25(20)31/h1-15H,(H,27,28,30). The monoisotopic (exact) mass is 452 g/mol. The average molecular weight is 452 g/mol. The minimum Gasteiger partial charge on any atom is -0.422 e. The van der Waals surface area contributed by atoms with E-state index in [0.29, 0.717) is 38.7 Å². The highest BCUT2D eigenvalue weighted by atomic mass is 32.1. The number of carbonyl (C=O) groups is 2. The van der Waals surface area contributed by atoms with Crippen molar-refractivity contribution in [1.29, 1.82) is 0 Å². The van der Waals surface area contributed by atoms with Crippen LogP contribution < -0.4 is 10.9 Å². The molecule has 0 saturated carbocycles. The predicted octanol–water partition coefficient (Wildman–Crippen LogP) is 5.40. The van der Waals surface area contributed by atoms with E-state index in [1.807, 2.05) is 18.2 Å². The van der Waals surface area contributed by atoms with E-state index >= 15 is 0 Å². The van der Waals surface area contributed by atoms with Gasteiger partial charge in [0.2, 0.25) is 0 Å². The lowest BCUT2D eigenvalue weighted by atomic mass is 10.0. The van der Waals surface area contributed by atoms with Gasteiger partial charge in [0, 0.05) is 27.5 Å². The predicted molar refractivity (Wildman–Crippen MR) is 128 cm³/mol. The number of amides is 1. The molecule has 0 radical (unpaired) electrons. The first-order valence-electron chi connectivity index (χ1n) is 10.1. The lowest BCUT2D eigenvalue weighted by Crippen LogP contribution is -2.12. The third kappa shape index (κ3) is 4.22. The molecule has 0 aliphatic rings. The number of carbonyl (C=O) groups excluding carboxylic acids is 2. The van der Waals surface area contributed by atoms with Gasteiger partial charge < -0.3 is 4.42 Å². The minimum atomic E-state index is -0.490. The van der Waals surface area contributed by atoms with E-state index in [-0.39, 0.29) is 11.7 Å². The van der Waals surface area contributed by atoms with Gasteiger partial charge in [0.05, 0.1) is 11.3 Å². The van der Waals surface area contributed by atoms with Crippen molar-refractivity contribution >= 4 is 39.1 Å².